The van der Waals surface area contributed by atoms with Gasteiger partial charge in [-0.15, -0.1) is 11.3 Å². The molecule has 0 amide bonds. The topological polar surface area (TPSA) is 21.3 Å². The average molecular weight is 241 g/mol. The molecule has 0 saturated carbocycles. The van der Waals surface area contributed by atoms with E-state index < -0.39 is 0 Å². The van der Waals surface area contributed by atoms with Gasteiger partial charge in [-0.2, -0.15) is 0 Å². The highest BCUT2D eigenvalue weighted by Crippen LogP contribution is 2.14. The zero-order valence-electron chi connectivity index (χ0n) is 10.5. The molecule has 0 bridgehead atoms. The zero-order chi connectivity index (χ0) is 11.8. The monoisotopic (exact) mass is 241 g/mol. The van der Waals surface area contributed by atoms with Gasteiger partial charge in [-0.25, -0.2) is 0 Å². The van der Waals surface area contributed by atoms with E-state index in [9.17, 15) is 0 Å². The van der Waals surface area contributed by atoms with Crippen LogP contribution in [0.3, 0.4) is 0 Å². The van der Waals surface area contributed by atoms with Gasteiger partial charge in [-0.1, -0.05) is 13.0 Å². The van der Waals surface area contributed by atoms with Crippen molar-refractivity contribution in [1.82, 2.24) is 5.32 Å². The Morgan fingerprint density at radius 2 is 2.31 bits per heavy atom. The third kappa shape index (κ3) is 5.10. The van der Waals surface area contributed by atoms with Crippen LogP contribution in [0.25, 0.3) is 0 Å². The van der Waals surface area contributed by atoms with Crippen molar-refractivity contribution in [3.8, 4) is 0 Å². The Morgan fingerprint density at radius 3 is 2.88 bits per heavy atom. The van der Waals surface area contributed by atoms with Crippen molar-refractivity contribution in [3.05, 3.63) is 22.4 Å². The zero-order valence-corrected chi connectivity index (χ0v) is 11.3. The first-order valence-corrected chi connectivity index (χ1v) is 6.92. The molecule has 1 aromatic heterocycles. The SMILES string of the molecule is CCCNC(Cc1cccs1)CC(C)OC. The summed E-state index contributed by atoms with van der Waals surface area (Å²) >= 11 is 1.84. The molecule has 2 nitrogen and oxygen atoms in total. The standard InChI is InChI=1S/C13H23NOS/c1-4-7-14-12(9-11(2)15-3)10-13-6-5-8-16-13/h5-6,8,11-12,14H,4,7,9-10H2,1-3H3. The maximum Gasteiger partial charge on any atom is 0.0558 e. The lowest BCUT2D eigenvalue weighted by atomic mass is 10.1. The fourth-order valence-corrected chi connectivity index (χ4v) is 2.54. The van der Waals surface area contributed by atoms with Gasteiger partial charge in [-0.05, 0) is 44.2 Å². The molecular weight excluding hydrogens is 218 g/mol. The van der Waals surface area contributed by atoms with Gasteiger partial charge in [0.1, 0.15) is 0 Å². The smallest absolute Gasteiger partial charge is 0.0558 e. The highest BCUT2D eigenvalue weighted by Gasteiger charge is 2.13. The first kappa shape index (κ1) is 13.7. The number of methoxy groups -OCH3 is 1. The third-order valence-corrected chi connectivity index (χ3v) is 3.63. The first-order chi connectivity index (χ1) is 7.76. The Hall–Kier alpha value is -0.380. The Kier molecular flexibility index (Phi) is 6.69. The summed E-state index contributed by atoms with van der Waals surface area (Å²) in [6, 6.07) is 4.87. The molecule has 1 aromatic rings. The number of rotatable bonds is 8. The summed E-state index contributed by atoms with van der Waals surface area (Å²) in [6.07, 6.45) is 3.71. The lowest BCUT2D eigenvalue weighted by molar-refractivity contribution is 0.100. The van der Waals surface area contributed by atoms with Crippen molar-refractivity contribution in [2.45, 2.75) is 45.3 Å². The van der Waals surface area contributed by atoms with Crippen LogP contribution in [0.1, 0.15) is 31.6 Å². The van der Waals surface area contributed by atoms with Crippen LogP contribution in [0.15, 0.2) is 17.5 Å². The fraction of sp³-hybridized carbons (Fsp3) is 0.692. The fourth-order valence-electron chi connectivity index (χ4n) is 1.76. The van der Waals surface area contributed by atoms with Gasteiger partial charge < -0.3 is 10.1 Å². The van der Waals surface area contributed by atoms with E-state index in [0.29, 0.717) is 12.1 Å². The third-order valence-electron chi connectivity index (χ3n) is 2.73. The van der Waals surface area contributed by atoms with Crippen LogP contribution in [0.4, 0.5) is 0 Å². The Labute approximate surface area is 103 Å². The summed E-state index contributed by atoms with van der Waals surface area (Å²) in [6.45, 7) is 5.43. The number of hydrogen-bond acceptors (Lipinski definition) is 3. The van der Waals surface area contributed by atoms with Crippen molar-refractivity contribution in [1.29, 1.82) is 0 Å². The second-order valence-corrected chi connectivity index (χ2v) is 5.25. The summed E-state index contributed by atoms with van der Waals surface area (Å²) in [5.41, 5.74) is 0. The van der Waals surface area contributed by atoms with E-state index in [1.165, 1.54) is 11.3 Å². The molecule has 0 spiro atoms. The van der Waals surface area contributed by atoms with Crippen molar-refractivity contribution < 1.29 is 4.74 Å². The van der Waals surface area contributed by atoms with Crippen LogP contribution < -0.4 is 5.32 Å². The molecule has 1 heterocycles. The molecule has 16 heavy (non-hydrogen) atoms. The first-order valence-electron chi connectivity index (χ1n) is 6.04. The van der Waals surface area contributed by atoms with E-state index in [1.54, 1.807) is 7.11 Å². The lowest BCUT2D eigenvalue weighted by Gasteiger charge is -2.21. The average Bonchev–Trinajstić information content (AvgIpc) is 2.78. The molecule has 0 aliphatic heterocycles. The second kappa shape index (κ2) is 7.82. The molecule has 1 N–H and O–H groups in total. The van der Waals surface area contributed by atoms with E-state index in [2.05, 4.69) is 36.7 Å². The van der Waals surface area contributed by atoms with Crippen molar-refractivity contribution in [2.24, 2.45) is 0 Å². The van der Waals surface area contributed by atoms with Crippen LogP contribution >= 0.6 is 11.3 Å². The molecule has 0 radical (unpaired) electrons. The molecular formula is C13H23NOS. The van der Waals surface area contributed by atoms with Crippen LogP contribution in [-0.4, -0.2) is 25.8 Å². The van der Waals surface area contributed by atoms with Gasteiger partial charge in [0.15, 0.2) is 0 Å². The molecule has 92 valence electrons. The van der Waals surface area contributed by atoms with E-state index >= 15 is 0 Å². The van der Waals surface area contributed by atoms with Gasteiger partial charge in [0.2, 0.25) is 0 Å². The Morgan fingerprint density at radius 1 is 1.50 bits per heavy atom. The summed E-state index contributed by atoms with van der Waals surface area (Å²) < 4.78 is 5.34. The van der Waals surface area contributed by atoms with Gasteiger partial charge in [0, 0.05) is 18.0 Å². The molecule has 0 fully saturated rings. The summed E-state index contributed by atoms with van der Waals surface area (Å²) in [5.74, 6) is 0. The van der Waals surface area contributed by atoms with E-state index in [0.717, 1.165) is 19.4 Å². The maximum atomic E-state index is 5.34. The number of thiophene rings is 1. The van der Waals surface area contributed by atoms with E-state index in [4.69, 9.17) is 4.74 Å². The van der Waals surface area contributed by atoms with Crippen molar-refractivity contribution in [2.75, 3.05) is 13.7 Å². The minimum Gasteiger partial charge on any atom is -0.382 e. The minimum atomic E-state index is 0.328. The largest absolute Gasteiger partial charge is 0.382 e. The molecule has 3 heteroatoms. The highest BCUT2D eigenvalue weighted by molar-refractivity contribution is 7.09. The molecule has 0 saturated heterocycles. The van der Waals surface area contributed by atoms with Crippen molar-refractivity contribution >= 4 is 11.3 Å². The van der Waals surface area contributed by atoms with E-state index in [1.807, 2.05) is 11.3 Å². The van der Waals surface area contributed by atoms with Crippen molar-refractivity contribution in [3.63, 3.8) is 0 Å². The second-order valence-electron chi connectivity index (χ2n) is 4.22. The molecule has 2 atom stereocenters. The Balaban J connectivity index is 2.43. The summed E-state index contributed by atoms with van der Waals surface area (Å²) in [5, 5.41) is 5.74. The molecule has 0 aromatic carbocycles. The molecule has 2 unspecified atom stereocenters. The number of ether oxygens (including phenoxy) is 1. The summed E-state index contributed by atoms with van der Waals surface area (Å²) in [4.78, 5) is 1.46. The van der Waals surface area contributed by atoms with Crippen LogP contribution in [0, 0.1) is 0 Å². The lowest BCUT2D eigenvalue weighted by Crippen LogP contribution is -2.34. The normalized spacial score (nSPS) is 14.9. The predicted octanol–water partition coefficient (Wildman–Crippen LogP) is 3.08. The number of nitrogens with one attached hydrogen (secondary N) is 1. The highest BCUT2D eigenvalue weighted by atomic mass is 32.1. The Bertz CT molecular complexity index is 261. The maximum absolute atomic E-state index is 5.34. The van der Waals surface area contributed by atoms with E-state index in [-0.39, 0.29) is 0 Å². The minimum absolute atomic E-state index is 0.328. The molecule has 0 aliphatic carbocycles. The van der Waals surface area contributed by atoms with Gasteiger partial charge in [0.25, 0.3) is 0 Å². The quantitative estimate of drug-likeness (QED) is 0.755. The predicted molar refractivity (Wildman–Crippen MR) is 71.2 cm³/mol. The van der Waals surface area contributed by atoms with Gasteiger partial charge in [-0.3, -0.25) is 0 Å². The molecule has 0 aliphatic rings. The van der Waals surface area contributed by atoms with Crippen LogP contribution in [0.2, 0.25) is 0 Å². The van der Waals surface area contributed by atoms with Gasteiger partial charge >= 0.3 is 0 Å². The molecule has 1 rings (SSSR count). The number of hydrogen-bond donors (Lipinski definition) is 1. The summed E-state index contributed by atoms with van der Waals surface area (Å²) in [7, 11) is 1.78. The van der Waals surface area contributed by atoms with Gasteiger partial charge in [0.05, 0.1) is 6.10 Å². The van der Waals surface area contributed by atoms with Crippen LogP contribution in [-0.2, 0) is 11.2 Å². The van der Waals surface area contributed by atoms with Crippen LogP contribution in [0.5, 0.6) is 0 Å².